The Morgan fingerprint density at radius 3 is 1.57 bits per heavy atom. The summed E-state index contributed by atoms with van der Waals surface area (Å²) in [5.74, 6) is 1.76. The molecule has 0 aliphatic heterocycles. The first-order valence-corrected chi connectivity index (χ1v) is 18.2. The molecule has 10 aromatic rings. The smallest absolute Gasteiger partial charge is 0.238 e. The number of aromatic nitrogens is 6. The van der Waals surface area contributed by atoms with Crippen molar-refractivity contribution in [2.45, 2.75) is 5.41 Å². The van der Waals surface area contributed by atoms with Crippen LogP contribution in [0.2, 0.25) is 0 Å². The largest absolute Gasteiger partial charge is 0.277 e. The van der Waals surface area contributed by atoms with E-state index in [9.17, 15) is 0 Å². The first kappa shape index (κ1) is 29.3. The molecule has 0 saturated carbocycles. The Hall–Kier alpha value is -7.31. The topological polar surface area (TPSA) is 69.4 Å². The molecule has 3 heterocycles. The monoisotopic (exact) mass is 688 g/mol. The van der Waals surface area contributed by atoms with E-state index in [1.165, 1.54) is 33.4 Å². The molecule has 3 aromatic heterocycles. The molecule has 2 aliphatic carbocycles. The molecule has 0 N–H and O–H groups in total. The van der Waals surface area contributed by atoms with Crippen LogP contribution >= 0.6 is 0 Å². The Morgan fingerprint density at radius 1 is 0.444 bits per heavy atom. The van der Waals surface area contributed by atoms with E-state index in [2.05, 4.69) is 126 Å². The lowest BCUT2D eigenvalue weighted by Crippen LogP contribution is -2.27. The number of rotatable bonds is 3. The fourth-order valence-corrected chi connectivity index (χ4v) is 9.35. The average molecular weight is 689 g/mol. The predicted molar refractivity (Wildman–Crippen MR) is 214 cm³/mol. The number of hydrogen-bond donors (Lipinski definition) is 0. The van der Waals surface area contributed by atoms with Crippen LogP contribution in [0.25, 0.3) is 83.8 Å². The molecule has 0 bridgehead atoms. The van der Waals surface area contributed by atoms with Gasteiger partial charge in [-0.25, -0.2) is 4.98 Å². The summed E-state index contributed by atoms with van der Waals surface area (Å²) in [5, 5.41) is 2.10. The van der Waals surface area contributed by atoms with Crippen LogP contribution in [-0.2, 0) is 5.41 Å². The van der Waals surface area contributed by atoms with Gasteiger partial charge >= 0.3 is 0 Å². The number of para-hydroxylation sites is 1. The molecule has 0 atom stereocenters. The van der Waals surface area contributed by atoms with Crippen LogP contribution in [0, 0.1) is 0 Å². The van der Waals surface area contributed by atoms with Crippen molar-refractivity contribution in [2.24, 2.45) is 0 Å². The zero-order chi connectivity index (χ0) is 35.4. The van der Waals surface area contributed by atoms with Gasteiger partial charge in [-0.3, -0.25) is 14.5 Å². The van der Waals surface area contributed by atoms with E-state index in [1.54, 1.807) is 6.20 Å². The summed E-state index contributed by atoms with van der Waals surface area (Å²) in [5.41, 5.74) is 14.6. The van der Waals surface area contributed by atoms with Gasteiger partial charge in [0.2, 0.25) is 5.95 Å². The molecule has 0 saturated heterocycles. The van der Waals surface area contributed by atoms with Crippen molar-refractivity contribution in [1.29, 1.82) is 0 Å². The van der Waals surface area contributed by atoms with Crippen molar-refractivity contribution in [3.63, 3.8) is 0 Å². The highest BCUT2D eigenvalue weighted by atomic mass is 15.2. The van der Waals surface area contributed by atoms with Crippen molar-refractivity contribution in [3.8, 4) is 51.0 Å². The number of hydrogen-bond acceptors (Lipinski definition) is 5. The highest BCUT2D eigenvalue weighted by molar-refractivity contribution is 6.25. The minimum absolute atomic E-state index is 0.546. The summed E-state index contributed by atoms with van der Waals surface area (Å²) < 4.78 is 2.27. The molecule has 0 radical (unpaired) electrons. The van der Waals surface area contributed by atoms with Crippen molar-refractivity contribution in [1.82, 2.24) is 29.5 Å². The maximum Gasteiger partial charge on any atom is 0.238 e. The summed E-state index contributed by atoms with van der Waals surface area (Å²) in [6.07, 6.45) is 3.63. The third-order valence-electron chi connectivity index (χ3n) is 11.3. The second-order valence-corrected chi connectivity index (χ2v) is 14.0. The van der Waals surface area contributed by atoms with Gasteiger partial charge in [0.05, 0.1) is 27.5 Å². The average Bonchev–Trinajstić information content (AvgIpc) is 3.87. The molecular weight excluding hydrogens is 661 g/mol. The van der Waals surface area contributed by atoms with Crippen LogP contribution in [0.1, 0.15) is 22.3 Å². The van der Waals surface area contributed by atoms with E-state index in [1.807, 2.05) is 42.6 Å². The van der Waals surface area contributed by atoms with E-state index < -0.39 is 5.41 Å². The third-order valence-corrected chi connectivity index (χ3v) is 11.3. The Labute approximate surface area is 310 Å². The zero-order valence-electron chi connectivity index (χ0n) is 28.8. The number of benzene rings is 7. The number of nitrogens with zero attached hydrogens (tertiary/aromatic N) is 6. The van der Waals surface area contributed by atoms with Gasteiger partial charge < -0.3 is 0 Å². The minimum atomic E-state index is -0.646. The maximum absolute atomic E-state index is 5.33. The SMILES string of the molecule is c1ccc(-c2nc(-c3ccccc3)nc(-n3c4ccccc4c4c5nccnc5c5c(c43)C3(c4ccccc4-c4ccccc43)c3ccccc3-5)n2)cc1. The molecule has 250 valence electrons. The van der Waals surface area contributed by atoms with Gasteiger partial charge in [-0.2, -0.15) is 9.97 Å². The predicted octanol–water partition coefficient (Wildman–Crippen LogP) is 10.6. The molecule has 6 heteroatoms. The summed E-state index contributed by atoms with van der Waals surface area (Å²) in [6.45, 7) is 0. The van der Waals surface area contributed by atoms with Crippen LogP contribution in [0.3, 0.4) is 0 Å². The maximum atomic E-state index is 5.33. The van der Waals surface area contributed by atoms with Gasteiger partial charge in [-0.1, -0.05) is 152 Å². The standard InChI is InChI=1S/C48H28N6/c1-3-15-29(16-4-1)45-51-46(30-17-5-2-6-18-30)53-47(52-45)54-38-26-14-10-22-34(38)40-43-42(49-27-28-50-43)39-33-21-9-13-25-37(33)48(41(39)44(40)54)35-23-11-7-19-31(35)32-20-8-12-24-36(32)48/h1-28H. The fourth-order valence-electron chi connectivity index (χ4n) is 9.35. The Bertz CT molecular complexity index is 3060. The lowest BCUT2D eigenvalue weighted by atomic mass is 9.70. The lowest BCUT2D eigenvalue weighted by Gasteiger charge is -2.31. The van der Waals surface area contributed by atoms with E-state index >= 15 is 0 Å². The molecule has 6 nitrogen and oxygen atoms in total. The van der Waals surface area contributed by atoms with Crippen molar-refractivity contribution in [3.05, 3.63) is 192 Å². The fraction of sp³-hybridized carbons (Fsp3) is 0.0208. The quantitative estimate of drug-likeness (QED) is 0.185. The van der Waals surface area contributed by atoms with E-state index in [0.29, 0.717) is 17.6 Å². The molecule has 0 unspecified atom stereocenters. The lowest BCUT2D eigenvalue weighted by molar-refractivity contribution is 0.795. The molecule has 2 aliphatic rings. The van der Waals surface area contributed by atoms with Crippen molar-refractivity contribution in [2.75, 3.05) is 0 Å². The molecule has 0 fully saturated rings. The normalized spacial score (nSPS) is 13.3. The molecule has 12 rings (SSSR count). The third kappa shape index (κ3) is 3.71. The van der Waals surface area contributed by atoms with E-state index in [0.717, 1.165) is 55.1 Å². The van der Waals surface area contributed by atoms with Crippen LogP contribution in [0.5, 0.6) is 0 Å². The molecular formula is C48H28N6. The summed E-state index contributed by atoms with van der Waals surface area (Å²) in [6, 6.07) is 55.5. The van der Waals surface area contributed by atoms with Gasteiger partial charge in [0, 0.05) is 45.4 Å². The minimum Gasteiger partial charge on any atom is -0.277 e. The summed E-state index contributed by atoms with van der Waals surface area (Å²) in [4.78, 5) is 26.0. The van der Waals surface area contributed by atoms with Gasteiger partial charge in [-0.05, 0) is 39.4 Å². The molecule has 54 heavy (non-hydrogen) atoms. The Kier molecular flexibility index (Phi) is 5.89. The Balaban J connectivity index is 1.34. The Morgan fingerprint density at radius 2 is 0.944 bits per heavy atom. The molecule has 1 spiro atoms. The van der Waals surface area contributed by atoms with E-state index in [4.69, 9.17) is 24.9 Å². The summed E-state index contributed by atoms with van der Waals surface area (Å²) >= 11 is 0. The van der Waals surface area contributed by atoms with Gasteiger partial charge in [-0.15, -0.1) is 0 Å². The van der Waals surface area contributed by atoms with Crippen molar-refractivity contribution >= 4 is 32.8 Å². The molecule has 7 aromatic carbocycles. The van der Waals surface area contributed by atoms with Crippen molar-refractivity contribution < 1.29 is 0 Å². The van der Waals surface area contributed by atoms with Crippen LogP contribution in [0.4, 0.5) is 0 Å². The van der Waals surface area contributed by atoms with Gasteiger partial charge in [0.15, 0.2) is 11.6 Å². The highest BCUT2D eigenvalue weighted by Gasteiger charge is 2.54. The molecule has 0 amide bonds. The zero-order valence-corrected chi connectivity index (χ0v) is 28.8. The van der Waals surface area contributed by atoms with Gasteiger partial charge in [0.25, 0.3) is 0 Å². The first-order valence-electron chi connectivity index (χ1n) is 18.2. The van der Waals surface area contributed by atoms with Gasteiger partial charge in [0.1, 0.15) is 0 Å². The number of fused-ring (bicyclic) bond motifs is 17. The van der Waals surface area contributed by atoms with Crippen LogP contribution in [0.15, 0.2) is 170 Å². The van der Waals surface area contributed by atoms with E-state index in [-0.39, 0.29) is 0 Å². The second kappa shape index (κ2) is 10.9. The highest BCUT2D eigenvalue weighted by Crippen LogP contribution is 2.65. The van der Waals surface area contributed by atoms with Crippen LogP contribution in [-0.4, -0.2) is 29.5 Å². The second-order valence-electron chi connectivity index (χ2n) is 14.0. The van der Waals surface area contributed by atoms with Crippen LogP contribution < -0.4 is 0 Å². The first-order chi connectivity index (χ1) is 26.8. The summed E-state index contributed by atoms with van der Waals surface area (Å²) in [7, 11) is 0.